The van der Waals surface area contributed by atoms with Crippen molar-refractivity contribution >= 4 is 23.8 Å². The lowest BCUT2D eigenvalue weighted by molar-refractivity contribution is -0.138. The largest absolute Gasteiger partial charge is 0.494 e. The maximum absolute atomic E-state index is 13.5. The van der Waals surface area contributed by atoms with Gasteiger partial charge in [0.05, 0.1) is 39.1 Å². The molecule has 0 bridgehead atoms. The molecule has 6 rings (SSSR count). The highest BCUT2D eigenvalue weighted by Gasteiger charge is 2.23. The van der Waals surface area contributed by atoms with Gasteiger partial charge in [0.25, 0.3) is 11.8 Å². The van der Waals surface area contributed by atoms with Crippen LogP contribution < -0.4 is 20.1 Å². The molecule has 0 aliphatic heterocycles. The van der Waals surface area contributed by atoms with Gasteiger partial charge in [0.15, 0.2) is 0 Å². The van der Waals surface area contributed by atoms with Gasteiger partial charge in [-0.1, -0.05) is 77.9 Å². The number of rotatable bonds is 14. The summed E-state index contributed by atoms with van der Waals surface area (Å²) in [4.78, 5) is 57.7. The fourth-order valence-electron chi connectivity index (χ4n) is 6.68. The first kappa shape index (κ1) is 45.7. The van der Waals surface area contributed by atoms with E-state index in [4.69, 9.17) is 9.47 Å². The van der Waals surface area contributed by atoms with Gasteiger partial charge in [-0.3, -0.25) is 19.2 Å². The Balaban J connectivity index is 0.000000234. The predicted molar refractivity (Wildman–Crippen MR) is 234 cm³/mol. The van der Waals surface area contributed by atoms with Crippen molar-refractivity contribution in [1.82, 2.24) is 20.6 Å². The van der Waals surface area contributed by atoms with E-state index in [1.54, 1.807) is 50.4 Å². The third-order valence-electron chi connectivity index (χ3n) is 10.3. The Morgan fingerprint density at radius 3 is 1.45 bits per heavy atom. The van der Waals surface area contributed by atoms with Gasteiger partial charge in [0.2, 0.25) is 0 Å². The topological polar surface area (TPSA) is 177 Å². The zero-order valence-corrected chi connectivity index (χ0v) is 35.6. The van der Waals surface area contributed by atoms with Gasteiger partial charge >= 0.3 is 11.9 Å². The van der Waals surface area contributed by atoms with Crippen LogP contribution in [0, 0.1) is 40.4 Å². The minimum atomic E-state index is -1.03. The van der Waals surface area contributed by atoms with E-state index >= 15 is 0 Å². The van der Waals surface area contributed by atoms with Gasteiger partial charge in [0, 0.05) is 11.1 Å². The molecular formula is C49H49FN4O8. The number of carbonyl (C=O) groups excluding carboxylic acids is 2. The van der Waals surface area contributed by atoms with Crippen molar-refractivity contribution < 1.29 is 43.3 Å². The van der Waals surface area contributed by atoms with Crippen LogP contribution in [0.3, 0.4) is 0 Å². The number of carbonyl (C=O) groups is 4. The molecule has 12 nitrogen and oxygen atoms in total. The average molecular weight is 841 g/mol. The number of nitrogens with zero attached hydrogens (tertiary/aromatic N) is 2. The summed E-state index contributed by atoms with van der Waals surface area (Å²) in [5.74, 6) is -2.36. The van der Waals surface area contributed by atoms with Crippen LogP contribution in [0.25, 0.3) is 22.5 Å². The van der Waals surface area contributed by atoms with Crippen LogP contribution in [0.15, 0.2) is 109 Å². The maximum Gasteiger partial charge on any atom is 0.305 e. The summed E-state index contributed by atoms with van der Waals surface area (Å²) in [7, 11) is 3.05. The Hall–Kier alpha value is -7.41. The Kier molecular flexibility index (Phi) is 15.3. The van der Waals surface area contributed by atoms with Gasteiger partial charge in [-0.2, -0.15) is 0 Å². The summed E-state index contributed by atoms with van der Waals surface area (Å²) in [6.45, 7) is 9.63. The van der Waals surface area contributed by atoms with E-state index in [9.17, 15) is 33.8 Å². The first-order valence-electron chi connectivity index (χ1n) is 19.7. The highest BCUT2D eigenvalue weighted by atomic mass is 19.1. The van der Waals surface area contributed by atoms with Crippen molar-refractivity contribution in [3.63, 3.8) is 0 Å². The minimum absolute atomic E-state index is 0.0991. The SMILES string of the molecule is COc1ccc(C(=O)N[C@@H](CC(=O)O)c2ccc(C)cc2)nc1-c1ccc(F)cc1C.COc1ccc(C(=O)N[C@@H](CC(=O)O)c2ccc(C)cc2)nc1-c1cccc(C)c1C. The van der Waals surface area contributed by atoms with Gasteiger partial charge in [-0.05, 0) is 105 Å². The van der Waals surface area contributed by atoms with Crippen molar-refractivity contribution in [3.05, 3.63) is 165 Å². The second-order valence-corrected chi connectivity index (χ2v) is 14.8. The van der Waals surface area contributed by atoms with E-state index in [1.807, 2.05) is 82.3 Å². The fraction of sp³-hybridized carbons (Fsp3) is 0.224. The number of carboxylic acid groups (broad SMARTS) is 2. The summed E-state index contributed by atoms with van der Waals surface area (Å²) >= 11 is 0. The molecule has 0 fully saturated rings. The quantitative estimate of drug-likeness (QED) is 0.0828. The number of pyridine rings is 2. The number of aliphatic carboxylic acids is 2. The Morgan fingerprint density at radius 2 is 1.03 bits per heavy atom. The van der Waals surface area contributed by atoms with Crippen molar-refractivity contribution in [2.24, 2.45) is 0 Å². The molecule has 2 atom stereocenters. The van der Waals surface area contributed by atoms with Crippen molar-refractivity contribution in [2.75, 3.05) is 14.2 Å². The normalized spacial score (nSPS) is 11.6. The lowest BCUT2D eigenvalue weighted by atomic mass is 9.99. The summed E-state index contributed by atoms with van der Waals surface area (Å²) in [6, 6.07) is 29.9. The molecule has 4 N–H and O–H groups in total. The van der Waals surface area contributed by atoms with Gasteiger partial charge < -0.3 is 30.3 Å². The molecular weight excluding hydrogens is 792 g/mol. The number of amides is 2. The van der Waals surface area contributed by atoms with Gasteiger partial charge in [-0.25, -0.2) is 14.4 Å². The van der Waals surface area contributed by atoms with Crippen molar-refractivity contribution in [2.45, 2.75) is 59.5 Å². The van der Waals surface area contributed by atoms with Crippen molar-refractivity contribution in [3.8, 4) is 34.0 Å². The molecule has 2 amide bonds. The molecule has 0 unspecified atom stereocenters. The van der Waals surface area contributed by atoms with Crippen LogP contribution in [0.4, 0.5) is 4.39 Å². The van der Waals surface area contributed by atoms with E-state index in [2.05, 4.69) is 20.6 Å². The molecule has 0 aliphatic carbocycles. The second kappa shape index (κ2) is 20.7. The van der Waals surface area contributed by atoms with E-state index in [-0.39, 0.29) is 30.0 Å². The molecule has 2 heterocycles. The number of aryl methyl sites for hydroxylation is 4. The lowest BCUT2D eigenvalue weighted by Gasteiger charge is -2.18. The highest BCUT2D eigenvalue weighted by Crippen LogP contribution is 2.33. The number of hydrogen-bond acceptors (Lipinski definition) is 8. The molecule has 4 aromatic carbocycles. The van der Waals surface area contributed by atoms with E-state index in [0.29, 0.717) is 39.6 Å². The summed E-state index contributed by atoms with van der Waals surface area (Å²) in [5.41, 5.74) is 9.08. The number of ether oxygens (including phenoxy) is 2. The Morgan fingerprint density at radius 1 is 0.581 bits per heavy atom. The summed E-state index contributed by atoms with van der Waals surface area (Å²) < 4.78 is 24.4. The molecule has 0 spiro atoms. The molecule has 0 aliphatic rings. The number of methoxy groups -OCH3 is 2. The predicted octanol–water partition coefficient (Wildman–Crippen LogP) is 9.09. The van der Waals surface area contributed by atoms with Crippen LogP contribution in [-0.4, -0.2) is 58.2 Å². The lowest BCUT2D eigenvalue weighted by Crippen LogP contribution is -2.31. The number of aromatic nitrogens is 2. The molecule has 0 saturated heterocycles. The first-order chi connectivity index (χ1) is 29.6. The third-order valence-corrected chi connectivity index (χ3v) is 10.3. The summed E-state index contributed by atoms with van der Waals surface area (Å²) in [5, 5.41) is 24.2. The Labute approximate surface area is 359 Å². The van der Waals surface area contributed by atoms with Crippen LogP contribution in [0.1, 0.15) is 84.8 Å². The number of hydrogen-bond donors (Lipinski definition) is 4. The summed E-state index contributed by atoms with van der Waals surface area (Å²) in [6.07, 6.45) is -0.496. The van der Waals surface area contributed by atoms with Gasteiger partial charge in [-0.15, -0.1) is 0 Å². The van der Waals surface area contributed by atoms with Crippen molar-refractivity contribution in [1.29, 1.82) is 0 Å². The smallest absolute Gasteiger partial charge is 0.305 e. The Bertz CT molecular complexity index is 2580. The molecule has 62 heavy (non-hydrogen) atoms. The zero-order valence-electron chi connectivity index (χ0n) is 35.6. The van der Waals surface area contributed by atoms with Crippen LogP contribution in [-0.2, 0) is 9.59 Å². The van der Waals surface area contributed by atoms with Crippen LogP contribution >= 0.6 is 0 Å². The number of carboxylic acids is 2. The molecule has 13 heteroatoms. The van der Waals surface area contributed by atoms with Crippen LogP contribution in [0.5, 0.6) is 11.5 Å². The van der Waals surface area contributed by atoms with E-state index in [0.717, 1.165) is 33.4 Å². The monoisotopic (exact) mass is 840 g/mol. The number of halogens is 1. The molecule has 0 radical (unpaired) electrons. The average Bonchev–Trinajstić information content (AvgIpc) is 3.24. The third kappa shape index (κ3) is 11.7. The number of benzene rings is 4. The second-order valence-electron chi connectivity index (χ2n) is 14.8. The zero-order chi connectivity index (χ0) is 45.1. The molecule has 0 saturated carbocycles. The van der Waals surface area contributed by atoms with E-state index < -0.39 is 35.8 Å². The fourth-order valence-corrected chi connectivity index (χ4v) is 6.68. The maximum atomic E-state index is 13.5. The molecule has 6 aromatic rings. The molecule has 2 aromatic heterocycles. The number of nitrogens with one attached hydrogen (secondary N) is 2. The molecule has 320 valence electrons. The standard InChI is InChI=1S/C25H26N2O4.C24H23FN2O4/c1-15-8-10-18(11-9-15)21(14-23(28)29)27-25(30)20-12-13-22(31-4)24(26-20)19-7-5-6-16(2)17(19)3;1-14-4-6-16(7-5-14)20(13-22(28)29)27-24(30)19-10-11-21(31-3)23(26-19)18-9-8-17(25)12-15(18)2/h5-13,21H,14H2,1-4H3,(H,27,30)(H,28,29);4-12,20H,13H2,1-3H3,(H,27,30)(H,28,29)/t21-;20-/m00/s1. The minimum Gasteiger partial charge on any atom is -0.494 e. The van der Waals surface area contributed by atoms with Gasteiger partial charge in [0.1, 0.15) is 40.1 Å². The first-order valence-corrected chi connectivity index (χ1v) is 19.7. The van der Waals surface area contributed by atoms with Crippen LogP contribution in [0.2, 0.25) is 0 Å². The van der Waals surface area contributed by atoms with E-state index in [1.165, 1.54) is 25.3 Å². The highest BCUT2D eigenvalue weighted by molar-refractivity contribution is 5.94.